The van der Waals surface area contributed by atoms with Crippen molar-refractivity contribution in [3.63, 3.8) is 0 Å². The Morgan fingerprint density at radius 3 is 2.56 bits per heavy atom. The number of allylic oxidation sites excluding steroid dienone is 2. The van der Waals surface area contributed by atoms with Crippen molar-refractivity contribution in [2.45, 2.75) is 39.5 Å². The third-order valence-corrected chi connectivity index (χ3v) is 2.19. The van der Waals surface area contributed by atoms with Crippen LogP contribution in [0.3, 0.4) is 0 Å². The Kier molecular flexibility index (Phi) is 6.50. The third kappa shape index (κ3) is 6.10. The van der Waals surface area contributed by atoms with E-state index in [4.69, 9.17) is 0 Å². The van der Waals surface area contributed by atoms with Gasteiger partial charge in [0.05, 0.1) is 0 Å². The van der Waals surface area contributed by atoms with Gasteiger partial charge in [0.25, 0.3) is 0 Å². The van der Waals surface area contributed by atoms with Crippen LogP contribution in [-0.2, 0) is 0 Å². The van der Waals surface area contributed by atoms with Gasteiger partial charge in [-0.3, -0.25) is 0 Å². The summed E-state index contributed by atoms with van der Waals surface area (Å²) in [5.41, 5.74) is 0. The van der Waals surface area contributed by atoms with Crippen LogP contribution in [0.15, 0.2) is 10.6 Å². The van der Waals surface area contributed by atoms with Gasteiger partial charge in [0, 0.05) is 0 Å². The van der Waals surface area contributed by atoms with Gasteiger partial charge in [0.2, 0.25) is 0 Å². The summed E-state index contributed by atoms with van der Waals surface area (Å²) in [6.45, 7) is 4.29. The molecule has 0 radical (unpaired) electrons. The second-order valence-electron chi connectivity index (χ2n) is 2.19. The van der Waals surface area contributed by atoms with E-state index in [0.29, 0.717) is 0 Å². The van der Waals surface area contributed by atoms with Crippen molar-refractivity contribution in [2.24, 2.45) is 0 Å². The second-order valence-corrected chi connectivity index (χ2v) is 3.21. The lowest BCUT2D eigenvalue weighted by Gasteiger charge is -1.95. The van der Waals surface area contributed by atoms with Crippen molar-refractivity contribution in [3.05, 3.63) is 10.6 Å². The van der Waals surface area contributed by atoms with Gasteiger partial charge in [0.1, 0.15) is 0 Å². The minimum atomic E-state index is 1.21. The maximum absolute atomic E-state index is 3.47. The number of hydrogen-bond acceptors (Lipinski definition) is 0. The molecule has 0 bridgehead atoms. The van der Waals surface area contributed by atoms with Crippen molar-refractivity contribution < 1.29 is 0 Å². The molecule has 0 nitrogen and oxygen atoms in total. The van der Waals surface area contributed by atoms with Crippen LogP contribution in [0.4, 0.5) is 0 Å². The predicted molar refractivity (Wildman–Crippen MR) is 46.8 cm³/mol. The van der Waals surface area contributed by atoms with Crippen LogP contribution in [0.25, 0.3) is 0 Å². The van der Waals surface area contributed by atoms with E-state index in [2.05, 4.69) is 35.9 Å². The van der Waals surface area contributed by atoms with E-state index in [0.717, 1.165) is 0 Å². The molecule has 1 heteroatoms. The fourth-order valence-corrected chi connectivity index (χ4v) is 0.969. The molecule has 54 valence electrons. The SMILES string of the molecule is C/C=C(\Br)CCCCC. The van der Waals surface area contributed by atoms with E-state index in [1.54, 1.807) is 0 Å². The Balaban J connectivity index is 3.07. The van der Waals surface area contributed by atoms with Gasteiger partial charge >= 0.3 is 0 Å². The Morgan fingerprint density at radius 2 is 2.11 bits per heavy atom. The lowest BCUT2D eigenvalue weighted by Crippen LogP contribution is -1.73. The Hall–Kier alpha value is 0.220. The Morgan fingerprint density at radius 1 is 1.44 bits per heavy atom. The van der Waals surface area contributed by atoms with Crippen molar-refractivity contribution in [2.75, 3.05) is 0 Å². The number of hydrogen-bond donors (Lipinski definition) is 0. The summed E-state index contributed by atoms with van der Waals surface area (Å²) >= 11 is 3.47. The van der Waals surface area contributed by atoms with Crippen molar-refractivity contribution in [1.29, 1.82) is 0 Å². The zero-order valence-electron chi connectivity index (χ0n) is 6.28. The molecule has 0 fully saturated rings. The standard InChI is InChI=1S/C8H15Br/c1-3-5-6-7-8(9)4-2/h4H,3,5-7H2,1-2H3/b8-4-. The second kappa shape index (κ2) is 6.34. The average Bonchev–Trinajstić information content (AvgIpc) is 1.89. The number of unbranched alkanes of at least 4 members (excludes halogenated alkanes) is 2. The molecular weight excluding hydrogens is 176 g/mol. The van der Waals surface area contributed by atoms with Crippen molar-refractivity contribution in [3.8, 4) is 0 Å². The maximum Gasteiger partial charge on any atom is -0.00920 e. The first-order valence-corrected chi connectivity index (χ1v) is 4.41. The molecule has 0 rings (SSSR count). The summed E-state index contributed by atoms with van der Waals surface area (Å²) in [4.78, 5) is 0. The van der Waals surface area contributed by atoms with E-state index >= 15 is 0 Å². The van der Waals surface area contributed by atoms with Crippen LogP contribution < -0.4 is 0 Å². The Bertz CT molecular complexity index is 84.6. The van der Waals surface area contributed by atoms with E-state index in [-0.39, 0.29) is 0 Å². The van der Waals surface area contributed by atoms with E-state index in [9.17, 15) is 0 Å². The van der Waals surface area contributed by atoms with Gasteiger partial charge in [0.15, 0.2) is 0 Å². The maximum atomic E-state index is 3.47. The third-order valence-electron chi connectivity index (χ3n) is 1.33. The highest BCUT2D eigenvalue weighted by molar-refractivity contribution is 9.11. The molecule has 9 heavy (non-hydrogen) atoms. The minimum absolute atomic E-state index is 1.21. The van der Waals surface area contributed by atoms with Gasteiger partial charge in [-0.1, -0.05) is 41.8 Å². The quantitative estimate of drug-likeness (QED) is 0.591. The molecule has 0 spiro atoms. The smallest absolute Gasteiger partial charge is 0.00920 e. The molecular formula is C8H15Br. The number of rotatable bonds is 4. The predicted octanol–water partition coefficient (Wildman–Crippen LogP) is 3.87. The highest BCUT2D eigenvalue weighted by Crippen LogP contribution is 2.13. The summed E-state index contributed by atoms with van der Waals surface area (Å²) in [6, 6.07) is 0. The fraction of sp³-hybridized carbons (Fsp3) is 0.750. The van der Waals surface area contributed by atoms with Crippen molar-refractivity contribution in [1.82, 2.24) is 0 Å². The molecule has 0 aliphatic carbocycles. The summed E-state index contributed by atoms with van der Waals surface area (Å²) in [6.07, 6.45) is 7.31. The van der Waals surface area contributed by atoms with E-state index in [1.165, 1.54) is 30.2 Å². The summed E-state index contributed by atoms with van der Waals surface area (Å²) < 4.78 is 1.34. The first-order chi connectivity index (χ1) is 4.31. The zero-order chi connectivity index (χ0) is 7.11. The molecule has 0 aromatic heterocycles. The molecule has 0 aliphatic rings. The highest BCUT2D eigenvalue weighted by Gasteiger charge is 1.88. The van der Waals surface area contributed by atoms with Crippen LogP contribution in [0, 0.1) is 0 Å². The normalized spacial score (nSPS) is 12.1. The van der Waals surface area contributed by atoms with Crippen LogP contribution in [0.1, 0.15) is 39.5 Å². The molecule has 0 aliphatic heterocycles. The minimum Gasteiger partial charge on any atom is -0.0775 e. The summed E-state index contributed by atoms with van der Waals surface area (Å²) in [7, 11) is 0. The van der Waals surface area contributed by atoms with E-state index in [1.807, 2.05) is 0 Å². The van der Waals surface area contributed by atoms with Crippen LogP contribution in [0.5, 0.6) is 0 Å². The van der Waals surface area contributed by atoms with Crippen LogP contribution >= 0.6 is 15.9 Å². The monoisotopic (exact) mass is 190 g/mol. The average molecular weight is 191 g/mol. The fourth-order valence-electron chi connectivity index (χ4n) is 0.688. The lowest BCUT2D eigenvalue weighted by molar-refractivity contribution is 0.726. The van der Waals surface area contributed by atoms with Gasteiger partial charge in [-0.05, 0) is 24.2 Å². The summed E-state index contributed by atoms with van der Waals surface area (Å²) in [5.74, 6) is 0. The molecule has 0 amide bonds. The lowest BCUT2D eigenvalue weighted by atomic mass is 10.2. The summed E-state index contributed by atoms with van der Waals surface area (Å²) in [5, 5.41) is 0. The molecule has 0 saturated carbocycles. The van der Waals surface area contributed by atoms with E-state index < -0.39 is 0 Å². The first-order valence-electron chi connectivity index (χ1n) is 3.62. The molecule has 0 aromatic rings. The highest BCUT2D eigenvalue weighted by atomic mass is 79.9. The van der Waals surface area contributed by atoms with Crippen LogP contribution in [0.2, 0.25) is 0 Å². The Labute approximate surface area is 66.5 Å². The molecule has 0 atom stereocenters. The largest absolute Gasteiger partial charge is 0.0775 e. The van der Waals surface area contributed by atoms with Gasteiger partial charge in [-0.15, -0.1) is 0 Å². The number of halogens is 1. The van der Waals surface area contributed by atoms with Gasteiger partial charge in [-0.2, -0.15) is 0 Å². The van der Waals surface area contributed by atoms with Crippen LogP contribution in [-0.4, -0.2) is 0 Å². The molecule has 0 heterocycles. The van der Waals surface area contributed by atoms with Gasteiger partial charge < -0.3 is 0 Å². The first kappa shape index (κ1) is 9.22. The zero-order valence-corrected chi connectivity index (χ0v) is 7.87. The topological polar surface area (TPSA) is 0 Å². The molecule has 0 unspecified atom stereocenters. The molecule has 0 N–H and O–H groups in total. The van der Waals surface area contributed by atoms with Crippen molar-refractivity contribution >= 4 is 15.9 Å². The van der Waals surface area contributed by atoms with Gasteiger partial charge in [-0.25, -0.2) is 0 Å². The molecule has 0 saturated heterocycles. The molecule has 0 aromatic carbocycles.